The Morgan fingerprint density at radius 1 is 1.41 bits per heavy atom. The predicted molar refractivity (Wildman–Crippen MR) is 67.3 cm³/mol. The summed E-state index contributed by atoms with van der Waals surface area (Å²) in [4.78, 5) is 13.3. The van der Waals surface area contributed by atoms with E-state index in [1.807, 2.05) is 0 Å². The van der Waals surface area contributed by atoms with Crippen molar-refractivity contribution in [1.29, 1.82) is 0 Å². The van der Waals surface area contributed by atoms with E-state index in [1.54, 1.807) is 44.4 Å². The fourth-order valence-corrected chi connectivity index (χ4v) is 1.41. The molecule has 0 atom stereocenters. The van der Waals surface area contributed by atoms with Crippen LogP contribution >= 0.6 is 0 Å². The van der Waals surface area contributed by atoms with E-state index in [0.29, 0.717) is 24.5 Å². The van der Waals surface area contributed by atoms with Crippen LogP contribution in [0.3, 0.4) is 0 Å². The van der Waals surface area contributed by atoms with Crippen molar-refractivity contribution in [2.75, 3.05) is 38.5 Å². The molecule has 0 aliphatic carbocycles. The largest absolute Gasteiger partial charge is 0.495 e. The number of rotatable bonds is 5. The molecule has 5 heteroatoms. The Kier molecular flexibility index (Phi) is 4.78. The van der Waals surface area contributed by atoms with Crippen molar-refractivity contribution in [3.8, 4) is 5.75 Å². The summed E-state index contributed by atoms with van der Waals surface area (Å²) in [5.41, 5.74) is 7.01. The first-order valence-electron chi connectivity index (χ1n) is 5.29. The highest BCUT2D eigenvalue weighted by molar-refractivity contribution is 5.93. The van der Waals surface area contributed by atoms with Crippen LogP contribution in [0.1, 0.15) is 6.42 Å². The van der Waals surface area contributed by atoms with Crippen LogP contribution in [0.25, 0.3) is 0 Å². The Hall–Kier alpha value is -1.75. The molecule has 94 valence electrons. The highest BCUT2D eigenvalue weighted by atomic mass is 16.5. The Bertz CT molecular complexity index is 393. The lowest BCUT2D eigenvalue weighted by Gasteiger charge is -2.18. The Labute approximate surface area is 101 Å². The Balaban J connectivity index is 2.81. The quantitative estimate of drug-likeness (QED) is 0.785. The highest BCUT2D eigenvalue weighted by Crippen LogP contribution is 2.27. The molecule has 0 bridgehead atoms. The Morgan fingerprint density at radius 3 is 2.71 bits per heavy atom. The van der Waals surface area contributed by atoms with Gasteiger partial charge in [0.1, 0.15) is 5.75 Å². The third-order valence-electron chi connectivity index (χ3n) is 2.50. The van der Waals surface area contributed by atoms with Crippen molar-refractivity contribution >= 4 is 17.3 Å². The van der Waals surface area contributed by atoms with Crippen LogP contribution in [0.4, 0.5) is 11.4 Å². The fraction of sp³-hybridized carbons (Fsp3) is 0.417. The molecule has 1 aromatic rings. The molecule has 0 saturated carbocycles. The molecule has 1 rings (SSSR count). The summed E-state index contributed by atoms with van der Waals surface area (Å²) in [6, 6.07) is 5.23. The smallest absolute Gasteiger partial charge is 0.229 e. The molecule has 0 spiro atoms. The first-order chi connectivity index (χ1) is 8.10. The van der Waals surface area contributed by atoms with Gasteiger partial charge in [0, 0.05) is 25.9 Å². The summed E-state index contributed by atoms with van der Waals surface area (Å²) in [6.45, 7) is 0.412. The van der Waals surface area contributed by atoms with Gasteiger partial charge in [-0.3, -0.25) is 4.79 Å². The average molecular weight is 238 g/mol. The summed E-state index contributed by atoms with van der Waals surface area (Å²) in [5.74, 6) is 0.549. The molecule has 1 aromatic carbocycles. The summed E-state index contributed by atoms with van der Waals surface area (Å²) in [5, 5.41) is 0. The van der Waals surface area contributed by atoms with E-state index in [1.165, 1.54) is 0 Å². The van der Waals surface area contributed by atoms with Gasteiger partial charge >= 0.3 is 0 Å². The minimum absolute atomic E-state index is 0.0151. The van der Waals surface area contributed by atoms with E-state index in [0.717, 1.165) is 5.69 Å². The van der Waals surface area contributed by atoms with Gasteiger partial charge in [-0.25, -0.2) is 0 Å². The van der Waals surface area contributed by atoms with E-state index in [2.05, 4.69) is 0 Å². The lowest BCUT2D eigenvalue weighted by Crippen LogP contribution is -2.27. The topological polar surface area (TPSA) is 64.8 Å². The van der Waals surface area contributed by atoms with Crippen LogP contribution in [0, 0.1) is 0 Å². The van der Waals surface area contributed by atoms with Gasteiger partial charge in [-0.1, -0.05) is 0 Å². The van der Waals surface area contributed by atoms with Crippen molar-refractivity contribution in [3.05, 3.63) is 18.2 Å². The average Bonchev–Trinajstić information content (AvgIpc) is 2.35. The molecule has 0 aromatic heterocycles. The molecule has 0 aliphatic rings. The summed E-state index contributed by atoms with van der Waals surface area (Å²) in [7, 11) is 4.82. The second-order valence-corrected chi connectivity index (χ2v) is 3.62. The van der Waals surface area contributed by atoms with Gasteiger partial charge in [0.25, 0.3) is 0 Å². The van der Waals surface area contributed by atoms with E-state index >= 15 is 0 Å². The number of anilines is 2. The number of nitrogens with two attached hydrogens (primary N) is 1. The zero-order valence-electron chi connectivity index (χ0n) is 10.4. The molecule has 2 N–H and O–H groups in total. The monoisotopic (exact) mass is 238 g/mol. The van der Waals surface area contributed by atoms with Crippen molar-refractivity contribution < 1.29 is 14.3 Å². The van der Waals surface area contributed by atoms with E-state index < -0.39 is 0 Å². The SMILES string of the molecule is COCCC(=O)N(C)c1ccc(N)c(OC)c1. The van der Waals surface area contributed by atoms with E-state index in [9.17, 15) is 4.79 Å². The number of nitrogens with zero attached hydrogens (tertiary/aromatic N) is 1. The normalized spacial score (nSPS) is 10.1. The molecule has 5 nitrogen and oxygen atoms in total. The lowest BCUT2D eigenvalue weighted by molar-refractivity contribution is -0.119. The maximum absolute atomic E-state index is 11.8. The number of hydrogen-bond donors (Lipinski definition) is 1. The summed E-state index contributed by atoms with van der Waals surface area (Å²) in [6.07, 6.45) is 0.347. The van der Waals surface area contributed by atoms with Crippen LogP contribution in [0.15, 0.2) is 18.2 Å². The molecule has 0 unspecified atom stereocenters. The van der Waals surface area contributed by atoms with Crippen LogP contribution < -0.4 is 15.4 Å². The minimum Gasteiger partial charge on any atom is -0.495 e. The zero-order chi connectivity index (χ0) is 12.8. The fourth-order valence-electron chi connectivity index (χ4n) is 1.41. The standard InChI is InChI=1S/C12H18N2O3/c1-14(12(15)6-7-16-2)9-4-5-10(13)11(8-9)17-3/h4-5,8H,6-7,13H2,1-3H3. The highest BCUT2D eigenvalue weighted by Gasteiger charge is 2.12. The lowest BCUT2D eigenvalue weighted by atomic mass is 10.2. The number of ether oxygens (including phenoxy) is 2. The molecule has 0 aliphatic heterocycles. The number of hydrogen-bond acceptors (Lipinski definition) is 4. The minimum atomic E-state index is -0.0151. The van der Waals surface area contributed by atoms with Gasteiger partial charge in [0.2, 0.25) is 5.91 Å². The Morgan fingerprint density at radius 2 is 2.12 bits per heavy atom. The maximum atomic E-state index is 11.8. The number of methoxy groups -OCH3 is 2. The van der Waals surface area contributed by atoms with Gasteiger partial charge in [-0.05, 0) is 12.1 Å². The third kappa shape index (κ3) is 3.35. The van der Waals surface area contributed by atoms with Crippen molar-refractivity contribution in [3.63, 3.8) is 0 Å². The summed E-state index contributed by atoms with van der Waals surface area (Å²) >= 11 is 0. The van der Waals surface area contributed by atoms with Crippen molar-refractivity contribution in [2.24, 2.45) is 0 Å². The molecule has 17 heavy (non-hydrogen) atoms. The van der Waals surface area contributed by atoms with Gasteiger partial charge in [-0.2, -0.15) is 0 Å². The van der Waals surface area contributed by atoms with Gasteiger partial charge in [0.15, 0.2) is 0 Å². The number of carbonyl (C=O) groups is 1. The molecule has 0 heterocycles. The van der Waals surface area contributed by atoms with Crippen molar-refractivity contribution in [1.82, 2.24) is 0 Å². The van der Waals surface area contributed by atoms with Crippen LogP contribution in [0.5, 0.6) is 5.75 Å². The molecule has 1 amide bonds. The molecular weight excluding hydrogens is 220 g/mol. The summed E-state index contributed by atoms with van der Waals surface area (Å²) < 4.78 is 9.98. The third-order valence-corrected chi connectivity index (χ3v) is 2.50. The molecule has 0 fully saturated rings. The molecule has 0 radical (unpaired) electrons. The second-order valence-electron chi connectivity index (χ2n) is 3.62. The zero-order valence-corrected chi connectivity index (χ0v) is 10.4. The number of carbonyl (C=O) groups excluding carboxylic acids is 1. The number of benzene rings is 1. The number of amides is 1. The van der Waals surface area contributed by atoms with E-state index in [-0.39, 0.29) is 5.91 Å². The first kappa shape index (κ1) is 13.3. The van der Waals surface area contributed by atoms with Crippen LogP contribution in [0.2, 0.25) is 0 Å². The van der Waals surface area contributed by atoms with Gasteiger partial charge in [0.05, 0.1) is 25.8 Å². The van der Waals surface area contributed by atoms with Gasteiger partial charge in [-0.15, -0.1) is 0 Å². The molecule has 0 saturated heterocycles. The van der Waals surface area contributed by atoms with Gasteiger partial charge < -0.3 is 20.1 Å². The number of nitrogen functional groups attached to an aromatic ring is 1. The van der Waals surface area contributed by atoms with Crippen molar-refractivity contribution in [2.45, 2.75) is 6.42 Å². The first-order valence-corrected chi connectivity index (χ1v) is 5.29. The maximum Gasteiger partial charge on any atom is 0.229 e. The van der Waals surface area contributed by atoms with E-state index in [4.69, 9.17) is 15.2 Å². The second kappa shape index (κ2) is 6.10. The van der Waals surface area contributed by atoms with Crippen LogP contribution in [-0.4, -0.2) is 33.8 Å². The molecular formula is C12H18N2O3. The van der Waals surface area contributed by atoms with Crippen LogP contribution in [-0.2, 0) is 9.53 Å². The predicted octanol–water partition coefficient (Wildman–Crippen LogP) is 1.28.